The minimum atomic E-state index is -0.193. The van der Waals surface area contributed by atoms with E-state index in [4.69, 9.17) is 12.2 Å². The molecule has 0 saturated carbocycles. The summed E-state index contributed by atoms with van der Waals surface area (Å²) in [5, 5.41) is 0. The molecular formula is C13H15FN2S. The molecule has 0 radical (unpaired) electrons. The molecule has 90 valence electrons. The molecule has 4 heteroatoms. The Labute approximate surface area is 105 Å². The van der Waals surface area contributed by atoms with Crippen molar-refractivity contribution in [1.29, 1.82) is 0 Å². The van der Waals surface area contributed by atoms with Crippen molar-refractivity contribution in [2.75, 3.05) is 0 Å². The lowest BCUT2D eigenvalue weighted by Gasteiger charge is -2.06. The van der Waals surface area contributed by atoms with Gasteiger partial charge in [0.1, 0.15) is 5.82 Å². The van der Waals surface area contributed by atoms with Crippen molar-refractivity contribution in [2.45, 2.75) is 26.3 Å². The largest absolute Gasteiger partial charge is 0.337 e. The number of hydrogen-bond acceptors (Lipinski definition) is 1. The van der Waals surface area contributed by atoms with E-state index >= 15 is 0 Å². The van der Waals surface area contributed by atoms with Gasteiger partial charge in [-0.05, 0) is 42.8 Å². The zero-order chi connectivity index (χ0) is 12.3. The molecule has 0 fully saturated rings. The standard InChI is InChI=1S/C13H15FN2S/c1-2-12-9-15-13(17)16(12)8-7-10-3-5-11(14)6-4-10/h3-6,9H,2,7-8H2,1H3,(H,15,17). The maximum Gasteiger partial charge on any atom is 0.177 e. The van der Waals surface area contributed by atoms with Crippen LogP contribution in [0, 0.1) is 10.6 Å². The zero-order valence-corrected chi connectivity index (χ0v) is 10.6. The molecule has 0 saturated heterocycles. The van der Waals surface area contributed by atoms with Gasteiger partial charge in [-0.1, -0.05) is 19.1 Å². The second kappa shape index (κ2) is 5.27. The number of aromatic nitrogens is 2. The van der Waals surface area contributed by atoms with Crippen molar-refractivity contribution in [1.82, 2.24) is 9.55 Å². The summed E-state index contributed by atoms with van der Waals surface area (Å²) in [5.41, 5.74) is 2.33. The maximum absolute atomic E-state index is 12.8. The Morgan fingerprint density at radius 1 is 1.29 bits per heavy atom. The molecular weight excluding hydrogens is 235 g/mol. The van der Waals surface area contributed by atoms with E-state index in [9.17, 15) is 4.39 Å². The summed E-state index contributed by atoms with van der Waals surface area (Å²) < 4.78 is 15.6. The summed E-state index contributed by atoms with van der Waals surface area (Å²) in [4.78, 5) is 3.05. The summed E-state index contributed by atoms with van der Waals surface area (Å²) in [5.74, 6) is -0.193. The number of aromatic amines is 1. The first-order valence-electron chi connectivity index (χ1n) is 5.72. The van der Waals surface area contributed by atoms with Gasteiger partial charge in [0.05, 0.1) is 0 Å². The first kappa shape index (κ1) is 12.0. The Hall–Kier alpha value is -1.42. The quantitative estimate of drug-likeness (QED) is 0.824. The SMILES string of the molecule is CCc1c[nH]c(=S)n1CCc1ccc(F)cc1. The Morgan fingerprint density at radius 3 is 2.65 bits per heavy atom. The number of rotatable bonds is 4. The number of imidazole rings is 1. The third-order valence-electron chi connectivity index (χ3n) is 2.85. The molecule has 2 rings (SSSR count). The number of nitrogens with zero attached hydrogens (tertiary/aromatic N) is 1. The van der Waals surface area contributed by atoms with Gasteiger partial charge in [0.25, 0.3) is 0 Å². The highest BCUT2D eigenvalue weighted by Crippen LogP contribution is 2.08. The lowest BCUT2D eigenvalue weighted by Crippen LogP contribution is -2.05. The molecule has 0 bridgehead atoms. The van der Waals surface area contributed by atoms with Gasteiger partial charge in [0, 0.05) is 18.4 Å². The van der Waals surface area contributed by atoms with Gasteiger partial charge in [-0.3, -0.25) is 0 Å². The van der Waals surface area contributed by atoms with Crippen LogP contribution in [-0.2, 0) is 19.4 Å². The Morgan fingerprint density at radius 2 is 2.00 bits per heavy atom. The summed E-state index contributed by atoms with van der Waals surface area (Å²) in [6.45, 7) is 2.93. The van der Waals surface area contributed by atoms with Crippen LogP contribution in [-0.4, -0.2) is 9.55 Å². The number of nitrogens with one attached hydrogen (secondary N) is 1. The average molecular weight is 250 g/mol. The van der Waals surface area contributed by atoms with Crippen LogP contribution in [0.2, 0.25) is 0 Å². The van der Waals surface area contributed by atoms with Crippen LogP contribution in [0.5, 0.6) is 0 Å². The number of aryl methyl sites for hydroxylation is 2. The minimum absolute atomic E-state index is 0.193. The van der Waals surface area contributed by atoms with Crippen molar-refractivity contribution in [3.63, 3.8) is 0 Å². The topological polar surface area (TPSA) is 20.7 Å². The second-order valence-corrected chi connectivity index (χ2v) is 4.35. The van der Waals surface area contributed by atoms with Gasteiger partial charge >= 0.3 is 0 Å². The fourth-order valence-electron chi connectivity index (χ4n) is 1.86. The Bertz CT molecular complexity index is 539. The van der Waals surface area contributed by atoms with E-state index in [0.717, 1.165) is 29.7 Å². The van der Waals surface area contributed by atoms with Gasteiger partial charge in [-0.15, -0.1) is 0 Å². The van der Waals surface area contributed by atoms with Crippen molar-refractivity contribution in [2.24, 2.45) is 0 Å². The third kappa shape index (κ3) is 2.82. The molecule has 1 aromatic heterocycles. The molecule has 1 N–H and O–H groups in total. The van der Waals surface area contributed by atoms with Crippen LogP contribution in [0.3, 0.4) is 0 Å². The first-order chi connectivity index (χ1) is 8.20. The smallest absolute Gasteiger partial charge is 0.177 e. The molecule has 0 amide bonds. The van der Waals surface area contributed by atoms with Gasteiger partial charge in [-0.25, -0.2) is 4.39 Å². The molecule has 17 heavy (non-hydrogen) atoms. The molecule has 2 nitrogen and oxygen atoms in total. The van der Waals surface area contributed by atoms with Gasteiger partial charge < -0.3 is 9.55 Å². The van der Waals surface area contributed by atoms with E-state index in [1.165, 1.54) is 17.8 Å². The summed E-state index contributed by atoms with van der Waals surface area (Å²) in [7, 11) is 0. The van der Waals surface area contributed by atoms with Crippen molar-refractivity contribution in [3.8, 4) is 0 Å². The third-order valence-corrected chi connectivity index (χ3v) is 3.19. The van der Waals surface area contributed by atoms with Crippen LogP contribution in [0.15, 0.2) is 30.5 Å². The van der Waals surface area contributed by atoms with Gasteiger partial charge in [0.15, 0.2) is 4.77 Å². The molecule has 1 aromatic carbocycles. The number of halogens is 1. The highest BCUT2D eigenvalue weighted by molar-refractivity contribution is 7.71. The molecule has 0 unspecified atom stereocenters. The van der Waals surface area contributed by atoms with Crippen molar-refractivity contribution in [3.05, 3.63) is 52.3 Å². The van der Waals surface area contributed by atoms with Crippen molar-refractivity contribution < 1.29 is 4.39 Å². The number of H-pyrrole nitrogens is 1. The molecule has 0 aliphatic carbocycles. The van der Waals surface area contributed by atoms with E-state index in [1.807, 2.05) is 18.3 Å². The molecule has 0 spiro atoms. The van der Waals surface area contributed by atoms with Gasteiger partial charge in [-0.2, -0.15) is 0 Å². The van der Waals surface area contributed by atoms with E-state index in [-0.39, 0.29) is 5.82 Å². The predicted molar refractivity (Wildman–Crippen MR) is 69.1 cm³/mol. The summed E-state index contributed by atoms with van der Waals surface area (Å²) in [6, 6.07) is 6.62. The average Bonchev–Trinajstić information content (AvgIpc) is 2.69. The molecule has 0 atom stereocenters. The van der Waals surface area contributed by atoms with Crippen LogP contribution in [0.1, 0.15) is 18.2 Å². The second-order valence-electron chi connectivity index (χ2n) is 3.97. The fourth-order valence-corrected chi connectivity index (χ4v) is 2.13. The van der Waals surface area contributed by atoms with E-state index in [1.54, 1.807) is 0 Å². The zero-order valence-electron chi connectivity index (χ0n) is 9.74. The van der Waals surface area contributed by atoms with Crippen LogP contribution < -0.4 is 0 Å². The van der Waals surface area contributed by atoms with Gasteiger partial charge in [0.2, 0.25) is 0 Å². The Balaban J connectivity index is 2.09. The lowest BCUT2D eigenvalue weighted by atomic mass is 10.1. The van der Waals surface area contributed by atoms with E-state index < -0.39 is 0 Å². The molecule has 2 aromatic rings. The molecule has 0 aliphatic heterocycles. The number of benzene rings is 1. The molecule has 0 aliphatic rings. The monoisotopic (exact) mass is 250 g/mol. The number of hydrogen-bond donors (Lipinski definition) is 1. The van der Waals surface area contributed by atoms with Crippen molar-refractivity contribution >= 4 is 12.2 Å². The van der Waals surface area contributed by atoms with Crippen LogP contribution in [0.4, 0.5) is 4.39 Å². The van der Waals surface area contributed by atoms with Crippen LogP contribution in [0.25, 0.3) is 0 Å². The first-order valence-corrected chi connectivity index (χ1v) is 6.13. The fraction of sp³-hybridized carbons (Fsp3) is 0.308. The highest BCUT2D eigenvalue weighted by Gasteiger charge is 2.02. The Kier molecular flexibility index (Phi) is 3.74. The summed E-state index contributed by atoms with van der Waals surface area (Å²) in [6.07, 6.45) is 3.77. The summed E-state index contributed by atoms with van der Waals surface area (Å²) >= 11 is 5.22. The van der Waals surface area contributed by atoms with Crippen LogP contribution >= 0.6 is 12.2 Å². The van der Waals surface area contributed by atoms with E-state index in [0.29, 0.717) is 0 Å². The predicted octanol–water partition coefficient (Wildman–Crippen LogP) is 3.49. The minimum Gasteiger partial charge on any atom is -0.337 e. The van der Waals surface area contributed by atoms with E-state index in [2.05, 4.69) is 16.5 Å². The highest BCUT2D eigenvalue weighted by atomic mass is 32.1. The molecule has 1 heterocycles. The normalized spacial score (nSPS) is 10.7. The lowest BCUT2D eigenvalue weighted by molar-refractivity contribution is 0.623. The maximum atomic E-state index is 12.8.